The third-order valence-corrected chi connectivity index (χ3v) is 7.23. The molecule has 0 heterocycles. The number of halogens is 1. The maximum absolute atomic E-state index is 13.2. The number of likely N-dealkylation sites (N-methyl/N-ethyl adjacent to an activating group) is 1. The minimum Gasteiger partial charge on any atom is -0.355 e. The van der Waals surface area contributed by atoms with Crippen molar-refractivity contribution in [1.82, 2.24) is 10.2 Å². The molecule has 0 aromatic heterocycles. The molecule has 2 rings (SSSR count). The first-order chi connectivity index (χ1) is 16.1. The fraction of sp³-hybridized carbons (Fsp3) is 0.440. The minimum absolute atomic E-state index is 0.122. The molecule has 0 saturated carbocycles. The van der Waals surface area contributed by atoms with Crippen molar-refractivity contribution in [2.45, 2.75) is 52.6 Å². The fourth-order valence-corrected chi connectivity index (χ4v) is 5.05. The van der Waals surface area contributed by atoms with Crippen molar-refractivity contribution in [1.29, 1.82) is 0 Å². The van der Waals surface area contributed by atoms with E-state index in [4.69, 9.17) is 0 Å². The average molecular weight is 553 g/mol. The molecule has 186 valence electrons. The molecule has 0 spiro atoms. The van der Waals surface area contributed by atoms with Gasteiger partial charge in [-0.2, -0.15) is 0 Å². The summed E-state index contributed by atoms with van der Waals surface area (Å²) in [5, 5.41) is 2.77. The number of nitrogens with one attached hydrogen (secondary N) is 1. The van der Waals surface area contributed by atoms with Gasteiger partial charge in [0.25, 0.3) is 0 Å². The first-order valence-corrected chi connectivity index (χ1v) is 14.1. The number of hydrogen-bond acceptors (Lipinski definition) is 4. The number of benzene rings is 2. The third kappa shape index (κ3) is 8.13. The van der Waals surface area contributed by atoms with Crippen LogP contribution < -0.4 is 9.62 Å². The number of sulfonamides is 1. The molecule has 1 atom stereocenters. The quantitative estimate of drug-likeness (QED) is 0.430. The first kappa shape index (κ1) is 27.9. The van der Waals surface area contributed by atoms with Crippen LogP contribution in [0.1, 0.15) is 44.7 Å². The van der Waals surface area contributed by atoms with Gasteiger partial charge < -0.3 is 10.2 Å². The lowest BCUT2D eigenvalue weighted by atomic mass is 10.1. The van der Waals surface area contributed by atoms with Gasteiger partial charge in [-0.1, -0.05) is 47.1 Å². The number of amides is 2. The van der Waals surface area contributed by atoms with Crippen LogP contribution in [0.2, 0.25) is 0 Å². The van der Waals surface area contributed by atoms with Gasteiger partial charge in [-0.3, -0.25) is 13.9 Å². The highest BCUT2D eigenvalue weighted by Crippen LogP contribution is 2.20. The van der Waals surface area contributed by atoms with Crippen LogP contribution in [-0.2, 0) is 32.6 Å². The fourth-order valence-electron chi connectivity index (χ4n) is 3.64. The van der Waals surface area contributed by atoms with E-state index in [1.807, 2.05) is 50.2 Å². The van der Waals surface area contributed by atoms with E-state index in [0.29, 0.717) is 18.7 Å². The minimum atomic E-state index is -3.51. The Morgan fingerprint density at radius 1 is 1.06 bits per heavy atom. The number of carbonyl (C=O) groups is 2. The first-order valence-electron chi connectivity index (χ1n) is 11.4. The van der Waals surface area contributed by atoms with E-state index in [-0.39, 0.29) is 31.3 Å². The molecule has 0 saturated heterocycles. The van der Waals surface area contributed by atoms with E-state index in [1.54, 1.807) is 24.0 Å². The SMILES string of the molecule is CCNC(=O)C(C)N(Cc1cccc(Br)c1)C(=O)CCCN(c1ccc(CC)cc1)S(C)(=O)=O. The predicted octanol–water partition coefficient (Wildman–Crippen LogP) is 4.11. The van der Waals surface area contributed by atoms with Crippen molar-refractivity contribution in [3.63, 3.8) is 0 Å². The predicted molar refractivity (Wildman–Crippen MR) is 140 cm³/mol. The van der Waals surface area contributed by atoms with Crippen LogP contribution in [0.3, 0.4) is 0 Å². The van der Waals surface area contributed by atoms with E-state index in [2.05, 4.69) is 21.2 Å². The van der Waals surface area contributed by atoms with Crippen LogP contribution in [-0.4, -0.2) is 50.5 Å². The van der Waals surface area contributed by atoms with Gasteiger partial charge >= 0.3 is 0 Å². The summed E-state index contributed by atoms with van der Waals surface area (Å²) in [6.07, 6.45) is 2.49. The number of hydrogen-bond donors (Lipinski definition) is 1. The van der Waals surface area contributed by atoms with Crippen molar-refractivity contribution in [2.24, 2.45) is 0 Å². The summed E-state index contributed by atoms with van der Waals surface area (Å²) in [5.74, 6) is -0.423. The Kier molecular flexibility index (Phi) is 10.6. The van der Waals surface area contributed by atoms with Crippen LogP contribution in [0, 0.1) is 0 Å². The molecular formula is C25H34BrN3O4S. The zero-order valence-corrected chi connectivity index (χ0v) is 22.7. The number of carbonyl (C=O) groups excluding carboxylic acids is 2. The zero-order chi connectivity index (χ0) is 25.3. The number of nitrogens with zero attached hydrogens (tertiary/aromatic N) is 2. The molecule has 1 unspecified atom stereocenters. The summed E-state index contributed by atoms with van der Waals surface area (Å²) in [7, 11) is -3.51. The van der Waals surface area contributed by atoms with Gasteiger partial charge in [-0.05, 0) is 62.1 Å². The third-order valence-electron chi connectivity index (χ3n) is 5.55. The Hall–Kier alpha value is -2.39. The van der Waals surface area contributed by atoms with Crippen LogP contribution in [0.4, 0.5) is 5.69 Å². The van der Waals surface area contributed by atoms with E-state index >= 15 is 0 Å². The molecule has 2 amide bonds. The molecule has 0 bridgehead atoms. The van der Waals surface area contributed by atoms with Crippen LogP contribution in [0.5, 0.6) is 0 Å². The standard InChI is InChI=1S/C25H34BrN3O4S/c1-5-20-12-14-23(15-13-20)29(34(4,32)33)16-8-11-24(30)28(19(3)25(31)27-6-2)18-21-9-7-10-22(26)17-21/h7,9-10,12-15,17,19H,5-6,8,11,16,18H2,1-4H3,(H,27,31). The van der Waals surface area contributed by atoms with Gasteiger partial charge in [0.2, 0.25) is 21.8 Å². The smallest absolute Gasteiger partial charge is 0.242 e. The number of anilines is 1. The van der Waals surface area contributed by atoms with Crippen molar-refractivity contribution in [2.75, 3.05) is 23.7 Å². The Bertz CT molecular complexity index is 1070. The van der Waals surface area contributed by atoms with Gasteiger partial charge in [0.05, 0.1) is 11.9 Å². The molecule has 0 fully saturated rings. The molecule has 34 heavy (non-hydrogen) atoms. The molecule has 7 nitrogen and oxygen atoms in total. The van der Waals surface area contributed by atoms with Crippen molar-refractivity contribution in [3.05, 3.63) is 64.1 Å². The number of aryl methyl sites for hydroxylation is 1. The largest absolute Gasteiger partial charge is 0.355 e. The lowest BCUT2D eigenvalue weighted by molar-refractivity contribution is -0.140. The van der Waals surface area contributed by atoms with Crippen molar-refractivity contribution >= 4 is 43.5 Å². The summed E-state index contributed by atoms with van der Waals surface area (Å²) < 4.78 is 27.0. The Balaban J connectivity index is 2.14. The maximum atomic E-state index is 13.2. The molecule has 2 aromatic carbocycles. The molecule has 2 aromatic rings. The Morgan fingerprint density at radius 3 is 2.29 bits per heavy atom. The zero-order valence-electron chi connectivity index (χ0n) is 20.3. The second kappa shape index (κ2) is 12.9. The highest BCUT2D eigenvalue weighted by molar-refractivity contribution is 9.10. The lowest BCUT2D eigenvalue weighted by Crippen LogP contribution is -2.47. The van der Waals surface area contributed by atoms with E-state index < -0.39 is 16.1 Å². The Labute approximate surface area is 211 Å². The Morgan fingerprint density at radius 2 is 1.74 bits per heavy atom. The summed E-state index contributed by atoms with van der Waals surface area (Å²) >= 11 is 3.44. The van der Waals surface area contributed by atoms with E-state index in [0.717, 1.165) is 22.0 Å². The van der Waals surface area contributed by atoms with E-state index in [1.165, 1.54) is 10.6 Å². The maximum Gasteiger partial charge on any atom is 0.242 e. The second-order valence-electron chi connectivity index (χ2n) is 8.18. The topological polar surface area (TPSA) is 86.8 Å². The normalized spacial score (nSPS) is 12.1. The van der Waals surface area contributed by atoms with Gasteiger partial charge in [-0.15, -0.1) is 0 Å². The van der Waals surface area contributed by atoms with Crippen molar-refractivity contribution < 1.29 is 18.0 Å². The van der Waals surface area contributed by atoms with Crippen molar-refractivity contribution in [3.8, 4) is 0 Å². The average Bonchev–Trinajstić information content (AvgIpc) is 2.79. The highest BCUT2D eigenvalue weighted by Gasteiger charge is 2.26. The van der Waals surface area contributed by atoms with E-state index in [9.17, 15) is 18.0 Å². The summed E-state index contributed by atoms with van der Waals surface area (Å²) in [6, 6.07) is 14.3. The lowest BCUT2D eigenvalue weighted by Gasteiger charge is -2.29. The summed E-state index contributed by atoms with van der Waals surface area (Å²) in [4.78, 5) is 27.2. The van der Waals surface area contributed by atoms with Crippen LogP contribution in [0.15, 0.2) is 53.0 Å². The summed E-state index contributed by atoms with van der Waals surface area (Å²) in [6.45, 7) is 6.51. The van der Waals surface area contributed by atoms with Crippen LogP contribution in [0.25, 0.3) is 0 Å². The number of rotatable bonds is 12. The van der Waals surface area contributed by atoms with Gasteiger partial charge in [0.15, 0.2) is 0 Å². The molecule has 0 aliphatic rings. The van der Waals surface area contributed by atoms with Gasteiger partial charge in [0.1, 0.15) is 6.04 Å². The summed E-state index contributed by atoms with van der Waals surface area (Å²) in [5.41, 5.74) is 2.59. The molecule has 0 aliphatic carbocycles. The molecule has 0 radical (unpaired) electrons. The molecule has 1 N–H and O–H groups in total. The van der Waals surface area contributed by atoms with Gasteiger partial charge in [0, 0.05) is 30.5 Å². The highest BCUT2D eigenvalue weighted by atomic mass is 79.9. The monoisotopic (exact) mass is 551 g/mol. The molecule has 9 heteroatoms. The molecule has 0 aliphatic heterocycles. The van der Waals surface area contributed by atoms with Crippen LogP contribution >= 0.6 is 15.9 Å². The second-order valence-corrected chi connectivity index (χ2v) is 11.0. The van der Waals surface area contributed by atoms with Gasteiger partial charge in [-0.25, -0.2) is 8.42 Å². The molecular weight excluding hydrogens is 518 g/mol.